The smallest absolute Gasteiger partial charge is 0.330 e. The van der Waals surface area contributed by atoms with E-state index in [0.29, 0.717) is 6.61 Å². The van der Waals surface area contributed by atoms with Crippen molar-refractivity contribution in [1.29, 1.82) is 0 Å². The molecule has 2 heterocycles. The first-order valence-electron chi connectivity index (χ1n) is 7.49. The van der Waals surface area contributed by atoms with Crippen molar-refractivity contribution in [1.82, 2.24) is 9.38 Å². The second-order valence-electron chi connectivity index (χ2n) is 5.13. The highest BCUT2D eigenvalue weighted by molar-refractivity contribution is 5.90. The molecule has 22 heavy (non-hydrogen) atoms. The Labute approximate surface area is 129 Å². The molecule has 0 fully saturated rings. The maximum atomic E-state index is 11.6. The van der Waals surface area contributed by atoms with Gasteiger partial charge in [0.05, 0.1) is 29.4 Å². The van der Waals surface area contributed by atoms with Gasteiger partial charge in [0.15, 0.2) is 0 Å². The van der Waals surface area contributed by atoms with Crippen molar-refractivity contribution in [3.05, 3.63) is 54.4 Å². The van der Waals surface area contributed by atoms with Crippen LogP contribution in [0.25, 0.3) is 22.6 Å². The fourth-order valence-corrected chi connectivity index (χ4v) is 2.38. The van der Waals surface area contributed by atoms with Crippen LogP contribution >= 0.6 is 0 Å². The van der Waals surface area contributed by atoms with Crippen molar-refractivity contribution in [2.24, 2.45) is 0 Å². The molecule has 0 aliphatic carbocycles. The molecule has 112 valence electrons. The van der Waals surface area contributed by atoms with Crippen molar-refractivity contribution >= 4 is 28.6 Å². The summed E-state index contributed by atoms with van der Waals surface area (Å²) in [6, 6.07) is 9.94. The molecule has 0 aliphatic rings. The molecule has 0 N–H and O–H groups in total. The van der Waals surface area contributed by atoms with E-state index in [4.69, 9.17) is 4.74 Å². The molecule has 0 unspecified atom stereocenters. The van der Waals surface area contributed by atoms with Crippen molar-refractivity contribution in [3.63, 3.8) is 0 Å². The summed E-state index contributed by atoms with van der Waals surface area (Å²) in [5, 5.41) is 0. The summed E-state index contributed by atoms with van der Waals surface area (Å²) < 4.78 is 7.19. The Morgan fingerprint density at radius 1 is 1.27 bits per heavy atom. The van der Waals surface area contributed by atoms with E-state index in [0.717, 1.165) is 35.0 Å². The van der Waals surface area contributed by atoms with Gasteiger partial charge in [-0.15, -0.1) is 0 Å². The van der Waals surface area contributed by atoms with Crippen LogP contribution < -0.4 is 0 Å². The molecule has 0 radical (unpaired) electrons. The summed E-state index contributed by atoms with van der Waals surface area (Å²) in [5.74, 6) is -0.304. The number of fused-ring (bicyclic) bond motifs is 3. The molecule has 0 spiro atoms. The van der Waals surface area contributed by atoms with E-state index in [-0.39, 0.29) is 5.97 Å². The Morgan fingerprint density at radius 3 is 3.00 bits per heavy atom. The quantitative estimate of drug-likeness (QED) is 0.408. The number of aromatic nitrogens is 2. The van der Waals surface area contributed by atoms with Crippen LogP contribution in [-0.4, -0.2) is 22.0 Å². The van der Waals surface area contributed by atoms with Crippen molar-refractivity contribution in [3.8, 4) is 0 Å². The Bertz CT molecular complexity index is 833. The third-order valence-electron chi connectivity index (χ3n) is 3.57. The lowest BCUT2D eigenvalue weighted by atomic mass is 10.2. The van der Waals surface area contributed by atoms with Gasteiger partial charge in [0.1, 0.15) is 0 Å². The van der Waals surface area contributed by atoms with Crippen LogP contribution in [0.15, 0.2) is 48.8 Å². The first kappa shape index (κ1) is 14.3. The average molecular weight is 294 g/mol. The number of esters is 1. The number of hydrogen-bond donors (Lipinski definition) is 0. The topological polar surface area (TPSA) is 43.6 Å². The molecule has 0 saturated heterocycles. The van der Waals surface area contributed by atoms with E-state index in [2.05, 4.69) is 16.3 Å². The first-order valence-corrected chi connectivity index (χ1v) is 7.49. The Hall–Kier alpha value is -2.62. The number of rotatable bonds is 5. The van der Waals surface area contributed by atoms with E-state index in [1.165, 1.54) is 6.08 Å². The van der Waals surface area contributed by atoms with Gasteiger partial charge in [0.25, 0.3) is 0 Å². The second kappa shape index (κ2) is 6.43. The molecule has 0 aliphatic heterocycles. The largest absolute Gasteiger partial charge is 0.463 e. The van der Waals surface area contributed by atoms with Gasteiger partial charge in [-0.2, -0.15) is 0 Å². The summed E-state index contributed by atoms with van der Waals surface area (Å²) in [5.41, 5.74) is 3.91. The molecule has 0 saturated carbocycles. The fourth-order valence-electron chi connectivity index (χ4n) is 2.38. The predicted molar refractivity (Wildman–Crippen MR) is 87.6 cm³/mol. The van der Waals surface area contributed by atoms with Crippen molar-refractivity contribution < 1.29 is 9.53 Å². The molecule has 4 nitrogen and oxygen atoms in total. The van der Waals surface area contributed by atoms with E-state index in [9.17, 15) is 4.79 Å². The van der Waals surface area contributed by atoms with Gasteiger partial charge in [-0.25, -0.2) is 4.79 Å². The lowest BCUT2D eigenvalue weighted by molar-refractivity contribution is -0.137. The monoisotopic (exact) mass is 294 g/mol. The number of hydrogen-bond acceptors (Lipinski definition) is 3. The number of nitrogens with zero attached hydrogens (tertiary/aromatic N) is 2. The van der Waals surface area contributed by atoms with E-state index in [1.54, 1.807) is 6.08 Å². The lowest BCUT2D eigenvalue weighted by Crippen LogP contribution is -2.01. The molecule has 0 atom stereocenters. The number of unbranched alkanes of at least 4 members (excludes halogenated alkanes) is 1. The molecule has 1 aromatic carbocycles. The predicted octanol–water partition coefficient (Wildman–Crippen LogP) is 3.84. The van der Waals surface area contributed by atoms with E-state index < -0.39 is 0 Å². The summed E-state index contributed by atoms with van der Waals surface area (Å²) >= 11 is 0. The van der Waals surface area contributed by atoms with Crippen LogP contribution in [0.5, 0.6) is 0 Å². The zero-order chi connectivity index (χ0) is 15.4. The normalized spacial score (nSPS) is 11.5. The van der Waals surface area contributed by atoms with Crippen LogP contribution in [0.3, 0.4) is 0 Å². The highest BCUT2D eigenvalue weighted by atomic mass is 16.5. The zero-order valence-electron chi connectivity index (χ0n) is 12.5. The number of benzene rings is 1. The minimum absolute atomic E-state index is 0.304. The van der Waals surface area contributed by atoms with Crippen molar-refractivity contribution in [2.45, 2.75) is 19.8 Å². The molecule has 4 heteroatoms. The molecule has 3 rings (SSSR count). The number of para-hydroxylation sites is 2. The summed E-state index contributed by atoms with van der Waals surface area (Å²) in [7, 11) is 0. The fraction of sp³-hybridized carbons (Fsp3) is 0.222. The summed E-state index contributed by atoms with van der Waals surface area (Å²) in [6.07, 6.45) is 8.97. The van der Waals surface area contributed by atoms with Crippen LogP contribution in [0, 0.1) is 0 Å². The van der Waals surface area contributed by atoms with Gasteiger partial charge in [-0.3, -0.25) is 4.98 Å². The maximum absolute atomic E-state index is 11.6. The Kier molecular flexibility index (Phi) is 4.19. The first-order chi connectivity index (χ1) is 10.8. The van der Waals surface area contributed by atoms with Crippen molar-refractivity contribution in [2.75, 3.05) is 6.61 Å². The minimum atomic E-state index is -0.304. The number of ether oxygens (including phenoxy) is 1. The molecule has 3 aromatic rings. The molecule has 0 amide bonds. The van der Waals surface area contributed by atoms with Gasteiger partial charge in [-0.05, 0) is 30.7 Å². The highest BCUT2D eigenvalue weighted by Gasteiger charge is 2.05. The zero-order valence-corrected chi connectivity index (χ0v) is 12.5. The lowest BCUT2D eigenvalue weighted by Gasteiger charge is -2.02. The minimum Gasteiger partial charge on any atom is -0.463 e. The van der Waals surface area contributed by atoms with Gasteiger partial charge < -0.3 is 9.14 Å². The van der Waals surface area contributed by atoms with E-state index >= 15 is 0 Å². The SMILES string of the molecule is CCCCOC(=O)/C=C/c1ccn2c1cnc1ccccc12. The third-order valence-corrected chi connectivity index (χ3v) is 3.57. The molecular formula is C18H18N2O2. The van der Waals surface area contributed by atoms with E-state index in [1.807, 2.05) is 42.7 Å². The Balaban J connectivity index is 1.86. The summed E-state index contributed by atoms with van der Waals surface area (Å²) in [6.45, 7) is 2.54. The molecular weight excluding hydrogens is 276 g/mol. The molecule has 2 aromatic heterocycles. The standard InChI is InChI=1S/C18H18N2O2/c1-2-3-12-22-18(21)9-8-14-10-11-20-16-7-5-4-6-15(16)19-13-17(14)20/h4-11,13H,2-3,12H2,1H3/b9-8+. The third kappa shape index (κ3) is 2.86. The number of carbonyl (C=O) groups is 1. The van der Waals surface area contributed by atoms with Gasteiger partial charge in [0, 0.05) is 17.8 Å². The van der Waals surface area contributed by atoms with Crippen LogP contribution in [0.1, 0.15) is 25.3 Å². The van der Waals surface area contributed by atoms with Crippen LogP contribution in [-0.2, 0) is 9.53 Å². The van der Waals surface area contributed by atoms with Gasteiger partial charge in [-0.1, -0.05) is 25.5 Å². The highest BCUT2D eigenvalue weighted by Crippen LogP contribution is 2.19. The number of carbonyl (C=O) groups excluding carboxylic acids is 1. The summed E-state index contributed by atoms with van der Waals surface area (Å²) in [4.78, 5) is 16.1. The van der Waals surface area contributed by atoms with Gasteiger partial charge in [0.2, 0.25) is 0 Å². The van der Waals surface area contributed by atoms with Crippen LogP contribution in [0.4, 0.5) is 0 Å². The maximum Gasteiger partial charge on any atom is 0.330 e. The average Bonchev–Trinajstić information content (AvgIpc) is 2.97. The molecule has 0 bridgehead atoms. The second-order valence-corrected chi connectivity index (χ2v) is 5.13. The van der Waals surface area contributed by atoms with Gasteiger partial charge >= 0.3 is 5.97 Å². The van der Waals surface area contributed by atoms with Crippen LogP contribution in [0.2, 0.25) is 0 Å². The Morgan fingerprint density at radius 2 is 2.14 bits per heavy atom.